The molecule has 0 spiro atoms. The maximum absolute atomic E-state index is 13.2. The van der Waals surface area contributed by atoms with E-state index < -0.39 is 15.4 Å². The Kier molecular flexibility index (Phi) is 6.65. The highest BCUT2D eigenvalue weighted by molar-refractivity contribution is 7.89. The third-order valence-electron chi connectivity index (χ3n) is 7.20. The number of phenolic OH excluding ortho intramolecular Hbond substituents is 1. The van der Waals surface area contributed by atoms with Gasteiger partial charge in [0.2, 0.25) is 15.9 Å². The van der Waals surface area contributed by atoms with Gasteiger partial charge in [0.15, 0.2) is 11.5 Å². The minimum absolute atomic E-state index is 0.0127. The number of hydrogen-bond donors (Lipinski definition) is 3. The van der Waals surface area contributed by atoms with Crippen molar-refractivity contribution in [2.24, 2.45) is 0 Å². The number of aliphatic hydroxyl groups excluding tert-OH is 1. The van der Waals surface area contributed by atoms with Crippen LogP contribution in [0.1, 0.15) is 31.2 Å². The van der Waals surface area contributed by atoms with Gasteiger partial charge in [-0.15, -0.1) is 0 Å². The molecule has 2 heterocycles. The van der Waals surface area contributed by atoms with Crippen LogP contribution in [0.2, 0.25) is 0 Å². The van der Waals surface area contributed by atoms with E-state index in [0.717, 1.165) is 12.0 Å². The van der Waals surface area contributed by atoms with E-state index in [9.17, 15) is 23.4 Å². The average molecular weight is 524 g/mol. The Morgan fingerprint density at radius 3 is 2.57 bits per heavy atom. The van der Waals surface area contributed by atoms with Crippen LogP contribution in [0.3, 0.4) is 0 Å². The van der Waals surface area contributed by atoms with Crippen molar-refractivity contribution in [3.63, 3.8) is 0 Å². The molecule has 37 heavy (non-hydrogen) atoms. The summed E-state index contributed by atoms with van der Waals surface area (Å²) in [6.07, 6.45) is 2.70. The summed E-state index contributed by atoms with van der Waals surface area (Å²) in [7, 11) is -2.22. The molecular formula is C27H29N3O6S. The standard InChI is InChI=1S/C27H29N3O6S/c1-36-24-12-9-19(16-23(24)32)27(13-14-27)26(33)29-25-6-2-5-22(28-25)18-7-10-21(11-8-18)37(34,35)30-15-3-4-20(30)17-31/h2,5-12,16,20,31-32H,3-4,13-15,17H2,1H3,(H,28,29,33)/t20-/m1/s1. The number of anilines is 1. The molecule has 9 nitrogen and oxygen atoms in total. The molecule has 0 bridgehead atoms. The number of aromatic hydroxyl groups is 1. The van der Waals surface area contributed by atoms with Crippen LogP contribution >= 0.6 is 0 Å². The summed E-state index contributed by atoms with van der Waals surface area (Å²) in [6, 6.07) is 16.3. The first-order valence-electron chi connectivity index (χ1n) is 12.2. The van der Waals surface area contributed by atoms with E-state index in [-0.39, 0.29) is 29.2 Å². The van der Waals surface area contributed by atoms with Crippen molar-refractivity contribution in [1.29, 1.82) is 0 Å². The van der Waals surface area contributed by atoms with Gasteiger partial charge in [0.25, 0.3) is 0 Å². The summed E-state index contributed by atoms with van der Waals surface area (Å²) in [5, 5.41) is 22.6. The Morgan fingerprint density at radius 2 is 1.92 bits per heavy atom. The molecule has 1 saturated carbocycles. The van der Waals surface area contributed by atoms with Gasteiger partial charge in [0.1, 0.15) is 5.82 Å². The Labute approximate surface area is 215 Å². The minimum Gasteiger partial charge on any atom is -0.504 e. The molecule has 1 aliphatic heterocycles. The maximum Gasteiger partial charge on any atom is 0.243 e. The van der Waals surface area contributed by atoms with Crippen molar-refractivity contribution in [2.75, 3.05) is 25.6 Å². The molecule has 194 valence electrons. The van der Waals surface area contributed by atoms with Gasteiger partial charge >= 0.3 is 0 Å². The number of sulfonamides is 1. The number of aromatic nitrogens is 1. The van der Waals surface area contributed by atoms with E-state index in [0.29, 0.717) is 48.6 Å². The maximum atomic E-state index is 13.2. The highest BCUT2D eigenvalue weighted by Crippen LogP contribution is 2.50. The molecule has 1 atom stereocenters. The largest absolute Gasteiger partial charge is 0.504 e. The molecule has 3 N–H and O–H groups in total. The quantitative estimate of drug-likeness (QED) is 0.413. The van der Waals surface area contributed by atoms with Gasteiger partial charge in [-0.3, -0.25) is 4.79 Å². The van der Waals surface area contributed by atoms with Crippen LogP contribution in [0.5, 0.6) is 11.5 Å². The van der Waals surface area contributed by atoms with Gasteiger partial charge in [-0.1, -0.05) is 24.3 Å². The van der Waals surface area contributed by atoms with E-state index >= 15 is 0 Å². The second-order valence-electron chi connectivity index (χ2n) is 9.45. The number of methoxy groups -OCH3 is 1. The summed E-state index contributed by atoms with van der Waals surface area (Å²) in [5.41, 5.74) is 1.29. The van der Waals surface area contributed by atoms with E-state index in [2.05, 4.69) is 10.3 Å². The number of benzene rings is 2. The van der Waals surface area contributed by atoms with Crippen LogP contribution in [-0.4, -0.2) is 60.1 Å². The van der Waals surface area contributed by atoms with Crippen molar-refractivity contribution in [1.82, 2.24) is 9.29 Å². The fraction of sp³-hybridized carbons (Fsp3) is 0.333. The lowest BCUT2D eigenvalue weighted by Gasteiger charge is -2.22. The number of carbonyl (C=O) groups is 1. The SMILES string of the molecule is COc1ccc(C2(C(=O)Nc3cccc(-c4ccc(S(=O)(=O)N5CCC[C@@H]5CO)cc4)n3)CC2)cc1O. The molecule has 1 aromatic heterocycles. The zero-order valence-electron chi connectivity index (χ0n) is 20.4. The number of amides is 1. The lowest BCUT2D eigenvalue weighted by atomic mass is 9.94. The van der Waals surface area contributed by atoms with Crippen LogP contribution in [-0.2, 0) is 20.2 Å². The summed E-state index contributed by atoms with van der Waals surface area (Å²) in [5.74, 6) is 0.515. The molecule has 2 aliphatic rings. The zero-order chi connectivity index (χ0) is 26.2. The Balaban J connectivity index is 1.33. The lowest BCUT2D eigenvalue weighted by Crippen LogP contribution is -2.37. The zero-order valence-corrected chi connectivity index (χ0v) is 21.2. The molecule has 5 rings (SSSR count). The molecule has 3 aromatic rings. The number of aliphatic hydroxyl groups is 1. The van der Waals surface area contributed by atoms with Crippen LogP contribution in [0, 0.1) is 0 Å². The number of hydrogen-bond acceptors (Lipinski definition) is 7. The minimum atomic E-state index is -3.70. The van der Waals surface area contributed by atoms with E-state index in [4.69, 9.17) is 4.74 Å². The molecule has 0 radical (unpaired) electrons. The summed E-state index contributed by atoms with van der Waals surface area (Å²) in [4.78, 5) is 17.9. The van der Waals surface area contributed by atoms with Gasteiger partial charge in [-0.05, 0) is 67.6 Å². The normalized spacial score (nSPS) is 18.9. The first kappa shape index (κ1) is 25.2. The van der Waals surface area contributed by atoms with Crippen molar-refractivity contribution < 1.29 is 28.2 Å². The number of rotatable bonds is 8. The molecule has 2 aromatic carbocycles. The third kappa shape index (κ3) is 4.68. The summed E-state index contributed by atoms with van der Waals surface area (Å²) >= 11 is 0. The van der Waals surface area contributed by atoms with Gasteiger partial charge in [-0.25, -0.2) is 13.4 Å². The monoisotopic (exact) mass is 523 g/mol. The second kappa shape index (κ2) is 9.77. The average Bonchev–Trinajstić information content (AvgIpc) is 3.58. The highest BCUT2D eigenvalue weighted by atomic mass is 32.2. The van der Waals surface area contributed by atoms with Crippen molar-refractivity contribution >= 4 is 21.7 Å². The van der Waals surface area contributed by atoms with Gasteiger partial charge in [0, 0.05) is 18.2 Å². The molecule has 1 aliphatic carbocycles. The number of pyridine rings is 1. The van der Waals surface area contributed by atoms with E-state index in [1.54, 1.807) is 60.7 Å². The number of nitrogens with zero attached hydrogens (tertiary/aromatic N) is 2. The predicted molar refractivity (Wildman–Crippen MR) is 138 cm³/mol. The van der Waals surface area contributed by atoms with Gasteiger partial charge in [0.05, 0.1) is 29.7 Å². The first-order chi connectivity index (χ1) is 17.8. The third-order valence-corrected chi connectivity index (χ3v) is 9.16. The highest BCUT2D eigenvalue weighted by Gasteiger charge is 2.51. The Bertz CT molecular complexity index is 1420. The van der Waals surface area contributed by atoms with Gasteiger partial charge < -0.3 is 20.3 Å². The Hall–Kier alpha value is -3.47. The van der Waals surface area contributed by atoms with Crippen molar-refractivity contribution in [3.05, 3.63) is 66.2 Å². The predicted octanol–water partition coefficient (Wildman–Crippen LogP) is 3.28. The molecule has 1 saturated heterocycles. The molecule has 0 unspecified atom stereocenters. The second-order valence-corrected chi connectivity index (χ2v) is 11.3. The smallest absolute Gasteiger partial charge is 0.243 e. The molecule has 1 amide bonds. The first-order valence-corrected chi connectivity index (χ1v) is 13.6. The topological polar surface area (TPSA) is 129 Å². The fourth-order valence-corrected chi connectivity index (χ4v) is 6.59. The Morgan fingerprint density at radius 1 is 1.16 bits per heavy atom. The summed E-state index contributed by atoms with van der Waals surface area (Å²) < 4.78 is 32.5. The van der Waals surface area contributed by atoms with E-state index in [1.807, 2.05) is 0 Å². The summed E-state index contributed by atoms with van der Waals surface area (Å²) in [6.45, 7) is 0.205. The van der Waals surface area contributed by atoms with Gasteiger partial charge in [-0.2, -0.15) is 4.31 Å². The van der Waals surface area contributed by atoms with Crippen molar-refractivity contribution in [3.8, 4) is 22.8 Å². The lowest BCUT2D eigenvalue weighted by molar-refractivity contribution is -0.118. The number of phenols is 1. The van der Waals surface area contributed by atoms with Crippen LogP contribution in [0.15, 0.2) is 65.6 Å². The van der Waals surface area contributed by atoms with E-state index in [1.165, 1.54) is 11.4 Å². The van der Waals surface area contributed by atoms with Crippen molar-refractivity contribution in [2.45, 2.75) is 42.0 Å². The number of carbonyl (C=O) groups excluding carboxylic acids is 1. The van der Waals surface area contributed by atoms with Crippen LogP contribution < -0.4 is 10.1 Å². The fourth-order valence-electron chi connectivity index (χ4n) is 4.90. The molecule has 2 fully saturated rings. The molecule has 10 heteroatoms. The van der Waals surface area contributed by atoms with Crippen LogP contribution in [0.4, 0.5) is 5.82 Å². The number of ether oxygens (including phenoxy) is 1. The number of nitrogens with one attached hydrogen (secondary N) is 1. The van der Waals surface area contributed by atoms with Crippen LogP contribution in [0.25, 0.3) is 11.3 Å². The molecular weight excluding hydrogens is 494 g/mol.